The quantitative estimate of drug-likeness (QED) is 0.804. The number of carbonyl (C=O) groups excluding carboxylic acids is 2. The predicted octanol–water partition coefficient (Wildman–Crippen LogP) is 0.208. The van der Waals surface area contributed by atoms with Crippen LogP contribution in [0.1, 0.15) is 10.4 Å². The summed E-state index contributed by atoms with van der Waals surface area (Å²) in [5.74, 6) is -1.63. The summed E-state index contributed by atoms with van der Waals surface area (Å²) in [6.45, 7) is 0.453. The van der Waals surface area contributed by atoms with Crippen molar-refractivity contribution in [3.05, 3.63) is 29.6 Å². The number of benzene rings is 1. The minimum absolute atomic E-state index is 0.199. The van der Waals surface area contributed by atoms with Gasteiger partial charge in [-0.1, -0.05) is 0 Å². The Morgan fingerprint density at radius 1 is 1.56 bits per heavy atom. The normalized spacial score (nSPS) is 18.9. The van der Waals surface area contributed by atoms with E-state index in [2.05, 4.69) is 0 Å². The molecule has 1 aromatic carbocycles. The first kappa shape index (κ1) is 12.3. The number of rotatable bonds is 3. The maximum atomic E-state index is 13.6. The third-order valence-corrected chi connectivity index (χ3v) is 2.67. The third-order valence-electron chi connectivity index (χ3n) is 2.67. The van der Waals surface area contributed by atoms with Gasteiger partial charge >= 0.3 is 6.09 Å². The van der Waals surface area contributed by atoms with Crippen LogP contribution in [0.2, 0.25) is 0 Å². The van der Waals surface area contributed by atoms with E-state index in [1.807, 2.05) is 0 Å². The minimum Gasteiger partial charge on any atom is -0.443 e. The monoisotopic (exact) mass is 253 g/mol. The molecule has 1 aliphatic heterocycles. The summed E-state index contributed by atoms with van der Waals surface area (Å²) in [7, 11) is 0. The third kappa shape index (κ3) is 2.12. The van der Waals surface area contributed by atoms with Gasteiger partial charge in [-0.3, -0.25) is 9.69 Å². The molecule has 6 nitrogen and oxygen atoms in total. The summed E-state index contributed by atoms with van der Waals surface area (Å²) in [5, 5.41) is 0. The van der Waals surface area contributed by atoms with Gasteiger partial charge in [-0.15, -0.1) is 0 Å². The zero-order valence-electron chi connectivity index (χ0n) is 9.43. The van der Waals surface area contributed by atoms with Gasteiger partial charge in [0.05, 0.1) is 17.8 Å². The van der Waals surface area contributed by atoms with Crippen LogP contribution in [0.5, 0.6) is 0 Å². The van der Waals surface area contributed by atoms with E-state index in [0.717, 1.165) is 6.07 Å². The Hall–Kier alpha value is -2.15. The molecule has 18 heavy (non-hydrogen) atoms. The smallest absolute Gasteiger partial charge is 0.414 e. The molecular formula is C11H12FN3O3. The van der Waals surface area contributed by atoms with E-state index in [9.17, 15) is 14.0 Å². The molecule has 0 aromatic heterocycles. The SMILES string of the molecule is NCC1CN(c2ccc(C(N)=O)c(F)c2)C(=O)O1. The number of amides is 2. The highest BCUT2D eigenvalue weighted by molar-refractivity contribution is 5.95. The Morgan fingerprint density at radius 2 is 2.28 bits per heavy atom. The van der Waals surface area contributed by atoms with E-state index < -0.39 is 23.9 Å². The van der Waals surface area contributed by atoms with Crippen molar-refractivity contribution in [3.8, 4) is 0 Å². The Labute approximate surface area is 102 Å². The van der Waals surface area contributed by atoms with Crippen molar-refractivity contribution in [2.75, 3.05) is 18.0 Å². The fourth-order valence-corrected chi connectivity index (χ4v) is 1.73. The molecule has 0 spiro atoms. The van der Waals surface area contributed by atoms with Gasteiger partial charge in [-0.2, -0.15) is 0 Å². The maximum Gasteiger partial charge on any atom is 0.414 e. The molecular weight excluding hydrogens is 241 g/mol. The summed E-state index contributed by atoms with van der Waals surface area (Å²) in [5.41, 5.74) is 10.5. The van der Waals surface area contributed by atoms with Gasteiger partial charge in [0, 0.05) is 6.54 Å². The van der Waals surface area contributed by atoms with Crippen LogP contribution in [-0.4, -0.2) is 31.2 Å². The van der Waals surface area contributed by atoms with E-state index in [0.29, 0.717) is 5.69 Å². The van der Waals surface area contributed by atoms with Crippen LogP contribution in [0.3, 0.4) is 0 Å². The molecule has 2 amide bonds. The van der Waals surface area contributed by atoms with Crippen molar-refractivity contribution < 1.29 is 18.7 Å². The first-order chi connectivity index (χ1) is 8.52. The largest absolute Gasteiger partial charge is 0.443 e. The molecule has 96 valence electrons. The first-order valence-corrected chi connectivity index (χ1v) is 5.30. The van der Waals surface area contributed by atoms with Gasteiger partial charge in [0.25, 0.3) is 5.91 Å². The van der Waals surface area contributed by atoms with Crippen molar-refractivity contribution in [3.63, 3.8) is 0 Å². The zero-order valence-corrected chi connectivity index (χ0v) is 9.43. The van der Waals surface area contributed by atoms with Crippen LogP contribution in [-0.2, 0) is 4.74 Å². The Bertz CT molecular complexity index is 506. The zero-order chi connectivity index (χ0) is 13.3. The molecule has 0 aliphatic carbocycles. The highest BCUT2D eigenvalue weighted by Gasteiger charge is 2.31. The molecule has 1 saturated heterocycles. The summed E-state index contributed by atoms with van der Waals surface area (Å²) in [4.78, 5) is 23.6. The number of hydrogen-bond acceptors (Lipinski definition) is 4. The number of anilines is 1. The second-order valence-electron chi connectivity index (χ2n) is 3.88. The first-order valence-electron chi connectivity index (χ1n) is 5.30. The van der Waals surface area contributed by atoms with Crippen molar-refractivity contribution in [1.82, 2.24) is 0 Å². The van der Waals surface area contributed by atoms with Gasteiger partial charge in [0.15, 0.2) is 0 Å². The molecule has 1 aliphatic rings. The van der Waals surface area contributed by atoms with E-state index in [-0.39, 0.29) is 18.7 Å². The molecule has 2 rings (SSSR count). The summed E-state index contributed by atoms with van der Waals surface area (Å²) >= 11 is 0. The fourth-order valence-electron chi connectivity index (χ4n) is 1.73. The molecule has 0 bridgehead atoms. The van der Waals surface area contributed by atoms with Gasteiger partial charge in [0.2, 0.25) is 0 Å². The van der Waals surface area contributed by atoms with E-state index >= 15 is 0 Å². The molecule has 4 N–H and O–H groups in total. The highest BCUT2D eigenvalue weighted by Crippen LogP contribution is 2.23. The number of nitrogens with zero attached hydrogens (tertiary/aromatic N) is 1. The van der Waals surface area contributed by atoms with Gasteiger partial charge < -0.3 is 16.2 Å². The molecule has 0 radical (unpaired) electrons. The van der Waals surface area contributed by atoms with Crippen molar-refractivity contribution in [2.24, 2.45) is 11.5 Å². The van der Waals surface area contributed by atoms with Crippen LogP contribution in [0, 0.1) is 5.82 Å². The number of ether oxygens (including phenoxy) is 1. The number of cyclic esters (lactones) is 1. The minimum atomic E-state index is -0.858. The van der Waals surface area contributed by atoms with E-state index in [1.165, 1.54) is 17.0 Å². The maximum absolute atomic E-state index is 13.6. The van der Waals surface area contributed by atoms with Gasteiger partial charge in [-0.25, -0.2) is 9.18 Å². The van der Waals surface area contributed by atoms with Crippen molar-refractivity contribution in [1.29, 1.82) is 0 Å². The number of halogens is 1. The number of nitrogens with two attached hydrogens (primary N) is 2. The average molecular weight is 253 g/mol. The molecule has 7 heteroatoms. The van der Waals surface area contributed by atoms with Crippen LogP contribution in [0.15, 0.2) is 18.2 Å². The summed E-state index contributed by atoms with van der Waals surface area (Å²) < 4.78 is 18.5. The molecule has 1 fully saturated rings. The second kappa shape index (κ2) is 4.61. The highest BCUT2D eigenvalue weighted by atomic mass is 19.1. The summed E-state index contributed by atoms with van der Waals surface area (Å²) in [6.07, 6.45) is -0.993. The standard InChI is InChI=1S/C11H12FN3O3/c12-9-3-6(1-2-8(9)10(14)16)15-5-7(4-13)18-11(15)17/h1-3,7H,4-5,13H2,(H2,14,16). The summed E-state index contributed by atoms with van der Waals surface area (Å²) in [6, 6.07) is 3.74. The van der Waals surface area contributed by atoms with E-state index in [1.54, 1.807) is 0 Å². The predicted molar refractivity (Wildman–Crippen MR) is 61.6 cm³/mol. The number of hydrogen-bond donors (Lipinski definition) is 2. The van der Waals surface area contributed by atoms with Gasteiger partial charge in [-0.05, 0) is 18.2 Å². The lowest BCUT2D eigenvalue weighted by Crippen LogP contribution is -2.27. The van der Waals surface area contributed by atoms with Crippen molar-refractivity contribution >= 4 is 17.7 Å². The van der Waals surface area contributed by atoms with Crippen LogP contribution < -0.4 is 16.4 Å². The lowest BCUT2D eigenvalue weighted by atomic mass is 10.1. The lowest BCUT2D eigenvalue weighted by molar-refractivity contribution is 0.0996. The molecule has 0 saturated carbocycles. The van der Waals surface area contributed by atoms with Crippen LogP contribution >= 0.6 is 0 Å². The van der Waals surface area contributed by atoms with Crippen LogP contribution in [0.25, 0.3) is 0 Å². The molecule has 1 atom stereocenters. The topological polar surface area (TPSA) is 98.6 Å². The number of carbonyl (C=O) groups is 2. The lowest BCUT2D eigenvalue weighted by Gasteiger charge is -2.13. The van der Waals surface area contributed by atoms with E-state index in [4.69, 9.17) is 16.2 Å². The molecule has 1 heterocycles. The van der Waals surface area contributed by atoms with Crippen molar-refractivity contribution in [2.45, 2.75) is 6.10 Å². The Balaban J connectivity index is 2.27. The second-order valence-corrected chi connectivity index (χ2v) is 3.88. The number of primary amides is 1. The van der Waals surface area contributed by atoms with Crippen LogP contribution in [0.4, 0.5) is 14.9 Å². The molecule has 1 aromatic rings. The average Bonchev–Trinajstić information content (AvgIpc) is 2.70. The molecule has 1 unspecified atom stereocenters. The van der Waals surface area contributed by atoms with Gasteiger partial charge in [0.1, 0.15) is 11.9 Å². The Morgan fingerprint density at radius 3 is 2.78 bits per heavy atom. The Kier molecular flexibility index (Phi) is 3.15. The fraction of sp³-hybridized carbons (Fsp3) is 0.273.